The Kier molecular flexibility index (Phi) is 7.65. The second-order valence-electron chi connectivity index (χ2n) is 6.07. The minimum absolute atomic E-state index is 0. The molecule has 23 heavy (non-hydrogen) atoms. The smallest absolute Gasteiger partial charge is 0.220 e. The quantitative estimate of drug-likeness (QED) is 0.676. The third-order valence-corrected chi connectivity index (χ3v) is 4.20. The van der Waals surface area contributed by atoms with E-state index in [1.54, 1.807) is 7.11 Å². The summed E-state index contributed by atoms with van der Waals surface area (Å²) in [4.78, 5) is 12.0. The largest absolute Gasteiger partial charge is 0.497 e. The highest BCUT2D eigenvalue weighted by Crippen LogP contribution is 2.38. The molecule has 0 saturated heterocycles. The number of ether oxygens (including phenoxy) is 2. The van der Waals surface area contributed by atoms with Crippen molar-refractivity contribution in [3.8, 4) is 11.5 Å². The molecule has 1 fully saturated rings. The minimum Gasteiger partial charge on any atom is -0.497 e. The Balaban J connectivity index is 0.00000264. The van der Waals surface area contributed by atoms with Crippen LogP contribution in [0, 0.1) is 5.92 Å². The molecule has 1 saturated carbocycles. The van der Waals surface area contributed by atoms with Crippen LogP contribution in [0.4, 0.5) is 0 Å². The molecule has 1 atom stereocenters. The lowest BCUT2D eigenvalue weighted by molar-refractivity contribution is -0.123. The number of carbonyl (C=O) groups is 1. The van der Waals surface area contributed by atoms with E-state index in [2.05, 4.69) is 5.32 Å². The molecule has 0 bridgehead atoms. The van der Waals surface area contributed by atoms with Crippen LogP contribution in [0.5, 0.6) is 11.5 Å². The molecule has 0 spiro atoms. The van der Waals surface area contributed by atoms with Gasteiger partial charge in [-0.3, -0.25) is 4.79 Å². The van der Waals surface area contributed by atoms with Crippen molar-refractivity contribution in [3.63, 3.8) is 0 Å². The van der Waals surface area contributed by atoms with Gasteiger partial charge in [-0.25, -0.2) is 0 Å². The number of halogens is 1. The van der Waals surface area contributed by atoms with Gasteiger partial charge in [-0.2, -0.15) is 0 Å². The number of rotatable bonds is 9. The third kappa shape index (κ3) is 5.92. The minimum atomic E-state index is -0.242. The van der Waals surface area contributed by atoms with Crippen molar-refractivity contribution in [1.82, 2.24) is 5.32 Å². The average molecular weight is 343 g/mol. The fraction of sp³-hybridized carbons (Fsp3) is 0.588. The van der Waals surface area contributed by atoms with E-state index in [4.69, 9.17) is 15.2 Å². The molecular formula is C17H27ClN2O3. The number of carbonyl (C=O) groups excluding carboxylic acids is 1. The van der Waals surface area contributed by atoms with Crippen LogP contribution in [-0.2, 0) is 4.79 Å². The molecule has 1 aliphatic carbocycles. The van der Waals surface area contributed by atoms with Crippen molar-refractivity contribution in [1.29, 1.82) is 0 Å². The van der Waals surface area contributed by atoms with Gasteiger partial charge in [-0.1, -0.05) is 0 Å². The first-order valence-electron chi connectivity index (χ1n) is 7.85. The summed E-state index contributed by atoms with van der Waals surface area (Å²) in [6, 6.07) is 7.42. The van der Waals surface area contributed by atoms with E-state index in [9.17, 15) is 4.79 Å². The van der Waals surface area contributed by atoms with E-state index < -0.39 is 0 Å². The molecule has 2 rings (SSSR count). The normalized spacial score (nSPS) is 16.0. The topological polar surface area (TPSA) is 73.6 Å². The van der Waals surface area contributed by atoms with Gasteiger partial charge in [-0.05, 0) is 56.4 Å². The van der Waals surface area contributed by atoms with Crippen LogP contribution < -0.4 is 20.5 Å². The Hall–Kier alpha value is -1.46. The molecule has 5 nitrogen and oxygen atoms in total. The zero-order chi connectivity index (χ0) is 16.0. The SMILES string of the molecule is COc1ccc(OCCCC(=O)NC(C)(CN)C2CC2)cc1.Cl. The first kappa shape index (κ1) is 19.6. The molecule has 1 aliphatic rings. The fourth-order valence-corrected chi connectivity index (χ4v) is 2.52. The summed E-state index contributed by atoms with van der Waals surface area (Å²) >= 11 is 0. The lowest BCUT2D eigenvalue weighted by Gasteiger charge is -2.29. The summed E-state index contributed by atoms with van der Waals surface area (Å²) in [7, 11) is 1.63. The first-order valence-corrected chi connectivity index (χ1v) is 7.85. The highest BCUT2D eigenvalue weighted by molar-refractivity contribution is 5.85. The van der Waals surface area contributed by atoms with Crippen molar-refractivity contribution in [2.24, 2.45) is 11.7 Å². The maximum absolute atomic E-state index is 12.0. The predicted octanol–water partition coefficient (Wildman–Crippen LogP) is 2.52. The van der Waals surface area contributed by atoms with Crippen LogP contribution in [0.25, 0.3) is 0 Å². The number of nitrogens with one attached hydrogen (secondary N) is 1. The van der Waals surface area contributed by atoms with E-state index in [0.29, 0.717) is 31.9 Å². The Morgan fingerprint density at radius 3 is 2.43 bits per heavy atom. The second-order valence-corrected chi connectivity index (χ2v) is 6.07. The van der Waals surface area contributed by atoms with Gasteiger partial charge in [-0.15, -0.1) is 12.4 Å². The van der Waals surface area contributed by atoms with Gasteiger partial charge in [0, 0.05) is 13.0 Å². The zero-order valence-corrected chi connectivity index (χ0v) is 14.7. The molecule has 0 aliphatic heterocycles. The molecule has 0 heterocycles. The zero-order valence-electron chi connectivity index (χ0n) is 13.8. The van der Waals surface area contributed by atoms with Gasteiger partial charge >= 0.3 is 0 Å². The summed E-state index contributed by atoms with van der Waals surface area (Å²) in [5.74, 6) is 2.18. The molecule has 1 aromatic carbocycles. The molecule has 1 unspecified atom stereocenters. The van der Waals surface area contributed by atoms with E-state index in [0.717, 1.165) is 24.3 Å². The highest BCUT2D eigenvalue weighted by Gasteiger charge is 2.41. The molecular weight excluding hydrogens is 316 g/mol. The number of hydrogen-bond acceptors (Lipinski definition) is 4. The molecule has 1 amide bonds. The summed E-state index contributed by atoms with van der Waals surface area (Å²) < 4.78 is 10.7. The van der Waals surface area contributed by atoms with Gasteiger partial charge < -0.3 is 20.5 Å². The van der Waals surface area contributed by atoms with Crippen molar-refractivity contribution >= 4 is 18.3 Å². The van der Waals surface area contributed by atoms with Gasteiger partial charge in [0.2, 0.25) is 5.91 Å². The number of hydrogen-bond donors (Lipinski definition) is 2. The molecule has 0 aromatic heterocycles. The van der Waals surface area contributed by atoms with Crippen LogP contribution in [0.1, 0.15) is 32.6 Å². The van der Waals surface area contributed by atoms with Crippen LogP contribution in [0.15, 0.2) is 24.3 Å². The lowest BCUT2D eigenvalue weighted by atomic mass is 9.95. The van der Waals surface area contributed by atoms with E-state index in [1.165, 1.54) is 0 Å². The Morgan fingerprint density at radius 2 is 1.91 bits per heavy atom. The maximum Gasteiger partial charge on any atom is 0.220 e. The molecule has 1 aromatic rings. The third-order valence-electron chi connectivity index (χ3n) is 4.20. The summed E-state index contributed by atoms with van der Waals surface area (Å²) in [5.41, 5.74) is 5.56. The van der Waals surface area contributed by atoms with Gasteiger partial charge in [0.15, 0.2) is 0 Å². The monoisotopic (exact) mass is 342 g/mol. The first-order chi connectivity index (χ1) is 10.6. The van der Waals surface area contributed by atoms with E-state index >= 15 is 0 Å². The number of benzene rings is 1. The van der Waals surface area contributed by atoms with Crippen LogP contribution in [-0.4, -0.2) is 31.7 Å². The number of methoxy groups -OCH3 is 1. The fourth-order valence-electron chi connectivity index (χ4n) is 2.52. The second kappa shape index (κ2) is 8.99. The Morgan fingerprint density at radius 1 is 1.30 bits per heavy atom. The van der Waals surface area contributed by atoms with Crippen LogP contribution >= 0.6 is 12.4 Å². The van der Waals surface area contributed by atoms with Gasteiger partial charge in [0.25, 0.3) is 0 Å². The molecule has 130 valence electrons. The van der Waals surface area contributed by atoms with Crippen molar-refractivity contribution < 1.29 is 14.3 Å². The van der Waals surface area contributed by atoms with Crippen molar-refractivity contribution in [2.45, 2.75) is 38.1 Å². The van der Waals surface area contributed by atoms with E-state index in [-0.39, 0.29) is 23.9 Å². The van der Waals surface area contributed by atoms with Crippen molar-refractivity contribution in [2.75, 3.05) is 20.3 Å². The lowest BCUT2D eigenvalue weighted by Crippen LogP contribution is -2.53. The summed E-state index contributed by atoms with van der Waals surface area (Å²) in [6.07, 6.45) is 3.46. The molecule has 0 radical (unpaired) electrons. The van der Waals surface area contributed by atoms with E-state index in [1.807, 2.05) is 31.2 Å². The van der Waals surface area contributed by atoms with Gasteiger partial charge in [0.05, 0.1) is 19.3 Å². The highest BCUT2D eigenvalue weighted by atomic mass is 35.5. The Bertz CT molecular complexity index is 491. The van der Waals surface area contributed by atoms with Gasteiger partial charge in [0.1, 0.15) is 11.5 Å². The summed E-state index contributed by atoms with van der Waals surface area (Å²) in [6.45, 7) is 3.05. The number of nitrogens with two attached hydrogens (primary N) is 1. The van der Waals surface area contributed by atoms with Crippen LogP contribution in [0.3, 0.4) is 0 Å². The average Bonchev–Trinajstić information content (AvgIpc) is 3.37. The predicted molar refractivity (Wildman–Crippen MR) is 93.3 cm³/mol. The standard InChI is InChI=1S/C17H26N2O3.ClH/c1-17(12-18,13-5-6-13)19-16(20)4-3-11-22-15-9-7-14(21-2)8-10-15;/h7-10,13H,3-6,11-12,18H2,1-2H3,(H,19,20);1H. The molecule has 3 N–H and O–H groups in total. The summed E-state index contributed by atoms with van der Waals surface area (Å²) in [5, 5.41) is 3.08. The number of amides is 1. The van der Waals surface area contributed by atoms with Crippen molar-refractivity contribution in [3.05, 3.63) is 24.3 Å². The Labute approximate surface area is 144 Å². The maximum atomic E-state index is 12.0. The molecule has 6 heteroatoms. The van der Waals surface area contributed by atoms with Crippen LogP contribution in [0.2, 0.25) is 0 Å².